The van der Waals surface area contributed by atoms with Gasteiger partial charge in [-0.15, -0.1) is 0 Å². The number of sulfone groups is 1. The number of ketones is 1. The first-order valence-corrected chi connectivity index (χ1v) is 13.5. The van der Waals surface area contributed by atoms with Crippen molar-refractivity contribution in [3.8, 4) is 11.3 Å². The molecule has 8 nitrogen and oxygen atoms in total. The van der Waals surface area contributed by atoms with Crippen molar-refractivity contribution < 1.29 is 18.0 Å². The Kier molecular flexibility index (Phi) is 5.96. The number of pyridine rings is 1. The molecule has 1 aliphatic rings. The molecule has 36 heavy (non-hydrogen) atoms. The van der Waals surface area contributed by atoms with E-state index < -0.39 is 9.84 Å². The molecule has 1 unspecified atom stereocenters. The molecule has 1 N–H and O–H groups in total. The van der Waals surface area contributed by atoms with Gasteiger partial charge in [-0.3, -0.25) is 9.59 Å². The number of nitrogens with one attached hydrogen (secondary N) is 1. The van der Waals surface area contributed by atoms with Gasteiger partial charge in [-0.2, -0.15) is 5.10 Å². The molecular formula is C27H26N4O4S. The molecule has 0 spiro atoms. The van der Waals surface area contributed by atoms with Gasteiger partial charge in [-0.05, 0) is 57.5 Å². The maximum atomic E-state index is 13.5. The molecule has 0 aliphatic carbocycles. The van der Waals surface area contributed by atoms with Crippen LogP contribution in [0.25, 0.3) is 22.3 Å². The summed E-state index contributed by atoms with van der Waals surface area (Å²) in [6.45, 7) is 5.29. The van der Waals surface area contributed by atoms with Crippen molar-refractivity contribution in [1.82, 2.24) is 14.8 Å². The van der Waals surface area contributed by atoms with Crippen molar-refractivity contribution >= 4 is 38.2 Å². The fraction of sp³-hybridized carbons (Fsp3) is 0.259. The predicted molar refractivity (Wildman–Crippen MR) is 139 cm³/mol. The summed E-state index contributed by atoms with van der Waals surface area (Å²) in [7, 11) is -3.14. The van der Waals surface area contributed by atoms with Crippen LogP contribution in [-0.2, 0) is 9.84 Å². The highest BCUT2D eigenvalue weighted by atomic mass is 32.2. The standard InChI is InChI=1S/C27H26N4O4S/c1-16-4-6-20(7-5-16)24-14-23(27(33)28-21-10-8-19(9-11-21)18(3)32)25-17(2)30-31(26(25)29-24)22-12-13-36(34,35)15-22/h4-11,14,22H,12-13,15H2,1-3H3,(H,28,33). The summed E-state index contributed by atoms with van der Waals surface area (Å²) in [4.78, 5) is 30.0. The monoisotopic (exact) mass is 502 g/mol. The largest absolute Gasteiger partial charge is 0.322 e. The summed E-state index contributed by atoms with van der Waals surface area (Å²) in [6.07, 6.45) is 0.457. The maximum Gasteiger partial charge on any atom is 0.256 e. The van der Waals surface area contributed by atoms with Gasteiger partial charge in [0.2, 0.25) is 0 Å². The molecule has 184 valence electrons. The third-order valence-corrected chi connectivity index (χ3v) is 8.28. The van der Waals surface area contributed by atoms with E-state index >= 15 is 0 Å². The predicted octanol–water partition coefficient (Wildman–Crippen LogP) is 4.53. The van der Waals surface area contributed by atoms with E-state index in [1.54, 1.807) is 41.9 Å². The van der Waals surface area contributed by atoms with Crippen LogP contribution in [0.1, 0.15) is 51.4 Å². The van der Waals surface area contributed by atoms with Gasteiger partial charge in [0.05, 0.1) is 39.9 Å². The molecule has 3 heterocycles. The summed E-state index contributed by atoms with van der Waals surface area (Å²) < 4.78 is 26.0. The first kappa shape index (κ1) is 23.9. The lowest BCUT2D eigenvalue weighted by Gasteiger charge is -2.13. The zero-order chi connectivity index (χ0) is 25.6. The van der Waals surface area contributed by atoms with Gasteiger partial charge in [-0.25, -0.2) is 18.1 Å². The van der Waals surface area contributed by atoms with Crippen molar-refractivity contribution in [2.24, 2.45) is 0 Å². The Morgan fingerprint density at radius 3 is 2.33 bits per heavy atom. The molecule has 1 atom stereocenters. The van der Waals surface area contributed by atoms with Crippen molar-refractivity contribution in [3.05, 3.63) is 77.0 Å². The number of carbonyl (C=O) groups excluding carboxylic acids is 2. The fourth-order valence-electron chi connectivity index (χ4n) is 4.57. The van der Waals surface area contributed by atoms with E-state index in [-0.39, 0.29) is 29.2 Å². The minimum absolute atomic E-state index is 0.00366. The quantitative estimate of drug-likeness (QED) is 0.402. The van der Waals surface area contributed by atoms with Crippen molar-refractivity contribution in [3.63, 3.8) is 0 Å². The normalized spacial score (nSPS) is 16.8. The molecule has 0 saturated carbocycles. The number of anilines is 1. The fourth-order valence-corrected chi connectivity index (χ4v) is 6.27. The van der Waals surface area contributed by atoms with Crippen LogP contribution in [0.3, 0.4) is 0 Å². The van der Waals surface area contributed by atoms with E-state index in [2.05, 4.69) is 10.4 Å². The number of rotatable bonds is 5. The summed E-state index contributed by atoms with van der Waals surface area (Å²) >= 11 is 0. The average Bonchev–Trinajstić information content (AvgIpc) is 3.38. The highest BCUT2D eigenvalue weighted by Gasteiger charge is 2.32. The number of hydrogen-bond donors (Lipinski definition) is 1. The second kappa shape index (κ2) is 8.98. The number of amides is 1. The van der Waals surface area contributed by atoms with Crippen LogP contribution in [0.4, 0.5) is 5.69 Å². The minimum Gasteiger partial charge on any atom is -0.322 e. The Morgan fingerprint density at radius 2 is 1.72 bits per heavy atom. The van der Waals surface area contributed by atoms with Crippen molar-refractivity contribution in [2.45, 2.75) is 33.2 Å². The molecule has 9 heteroatoms. The molecular weight excluding hydrogens is 476 g/mol. The molecule has 1 fully saturated rings. The minimum atomic E-state index is -3.14. The molecule has 1 amide bonds. The summed E-state index contributed by atoms with van der Waals surface area (Å²) in [6, 6.07) is 16.0. The topological polar surface area (TPSA) is 111 Å². The average molecular weight is 503 g/mol. The summed E-state index contributed by atoms with van der Waals surface area (Å²) in [5.74, 6) is -0.278. The number of Topliss-reactive ketones (excluding diaryl/α,β-unsaturated/α-hetero) is 1. The molecule has 1 aliphatic heterocycles. The Bertz CT molecular complexity index is 1600. The van der Waals surface area contributed by atoms with Gasteiger partial charge in [0.15, 0.2) is 21.3 Å². The number of aromatic nitrogens is 3. The summed E-state index contributed by atoms with van der Waals surface area (Å²) in [5, 5.41) is 8.14. The highest BCUT2D eigenvalue weighted by molar-refractivity contribution is 7.91. The smallest absolute Gasteiger partial charge is 0.256 e. The first-order valence-electron chi connectivity index (χ1n) is 11.7. The van der Waals surface area contributed by atoms with E-state index in [9.17, 15) is 18.0 Å². The molecule has 0 radical (unpaired) electrons. The van der Waals surface area contributed by atoms with Crippen LogP contribution in [0, 0.1) is 13.8 Å². The van der Waals surface area contributed by atoms with Crippen LogP contribution in [0.2, 0.25) is 0 Å². The second-order valence-corrected chi connectivity index (χ2v) is 11.5. The molecule has 2 aromatic carbocycles. The molecule has 5 rings (SSSR count). The number of benzene rings is 2. The van der Waals surface area contributed by atoms with Gasteiger partial charge in [0.1, 0.15) is 0 Å². The van der Waals surface area contributed by atoms with Gasteiger partial charge >= 0.3 is 0 Å². The second-order valence-electron chi connectivity index (χ2n) is 9.29. The zero-order valence-corrected chi connectivity index (χ0v) is 21.1. The van der Waals surface area contributed by atoms with Crippen LogP contribution >= 0.6 is 0 Å². The van der Waals surface area contributed by atoms with Gasteiger partial charge < -0.3 is 5.32 Å². The Balaban J connectivity index is 1.63. The lowest BCUT2D eigenvalue weighted by Crippen LogP contribution is -2.15. The Labute approximate surface area is 209 Å². The lowest BCUT2D eigenvalue weighted by molar-refractivity contribution is 0.101. The zero-order valence-electron chi connectivity index (χ0n) is 20.3. The number of fused-ring (bicyclic) bond motifs is 1. The van der Waals surface area contributed by atoms with Crippen LogP contribution in [0.15, 0.2) is 54.6 Å². The molecule has 2 aromatic heterocycles. The van der Waals surface area contributed by atoms with Gasteiger partial charge in [-0.1, -0.05) is 29.8 Å². The number of carbonyl (C=O) groups is 2. The number of hydrogen-bond acceptors (Lipinski definition) is 6. The van der Waals surface area contributed by atoms with E-state index in [4.69, 9.17) is 4.98 Å². The lowest BCUT2D eigenvalue weighted by atomic mass is 10.0. The molecule has 4 aromatic rings. The Hall–Kier alpha value is -3.85. The van der Waals surface area contributed by atoms with Gasteiger partial charge in [0, 0.05) is 16.8 Å². The van der Waals surface area contributed by atoms with E-state index in [0.29, 0.717) is 45.7 Å². The third kappa shape index (κ3) is 4.54. The van der Waals surface area contributed by atoms with Crippen molar-refractivity contribution in [2.75, 3.05) is 16.8 Å². The SMILES string of the molecule is CC(=O)c1ccc(NC(=O)c2cc(-c3ccc(C)cc3)nc3c2c(C)nn3C2CCS(=O)(=O)C2)cc1. The van der Waals surface area contributed by atoms with Crippen LogP contribution in [-0.4, -0.2) is 46.4 Å². The third-order valence-electron chi connectivity index (χ3n) is 6.53. The van der Waals surface area contributed by atoms with Crippen LogP contribution in [0.5, 0.6) is 0 Å². The highest BCUT2D eigenvalue weighted by Crippen LogP contribution is 2.32. The van der Waals surface area contributed by atoms with Crippen LogP contribution < -0.4 is 5.32 Å². The molecule has 0 bridgehead atoms. The van der Waals surface area contributed by atoms with Gasteiger partial charge in [0.25, 0.3) is 5.91 Å². The van der Waals surface area contributed by atoms with Crippen molar-refractivity contribution in [1.29, 1.82) is 0 Å². The van der Waals surface area contributed by atoms with E-state index in [0.717, 1.165) is 11.1 Å². The first-order chi connectivity index (χ1) is 17.1. The number of nitrogens with zero attached hydrogens (tertiary/aromatic N) is 3. The van der Waals surface area contributed by atoms with E-state index in [1.165, 1.54) is 6.92 Å². The maximum absolute atomic E-state index is 13.5. The Morgan fingerprint density at radius 1 is 1.03 bits per heavy atom. The molecule has 1 saturated heterocycles. The van der Waals surface area contributed by atoms with E-state index in [1.807, 2.05) is 31.2 Å². The number of aryl methyl sites for hydroxylation is 2. The summed E-state index contributed by atoms with van der Waals surface area (Å²) in [5.41, 5.74) is 5.15.